The van der Waals surface area contributed by atoms with Crippen molar-refractivity contribution >= 4 is 34.8 Å². The molecule has 2 rings (SSSR count). The number of anilines is 2. The SMILES string of the molecule is COc1nc(Cl)nc(Nc2cc(Cl)cc(C(F)(F)F)c2)n1. The third-order valence-corrected chi connectivity index (χ3v) is 2.64. The molecule has 0 radical (unpaired) electrons. The molecular weight excluding hydrogens is 332 g/mol. The first-order valence-electron chi connectivity index (χ1n) is 5.38. The standard InChI is InChI=1S/C11H7Cl2F3N4O/c1-21-10-19-8(13)18-9(20-10)17-7-3-5(11(14,15)16)2-6(12)4-7/h2-4H,1H3,(H,17,18,19,20). The molecule has 0 spiro atoms. The minimum absolute atomic E-state index is 0.0548. The summed E-state index contributed by atoms with van der Waals surface area (Å²) in [6, 6.07) is 2.90. The Labute approximate surface area is 127 Å². The highest BCUT2D eigenvalue weighted by Crippen LogP contribution is 2.33. The molecule has 2 aromatic rings. The Morgan fingerprint density at radius 1 is 1.10 bits per heavy atom. The molecule has 1 aromatic carbocycles. The molecule has 1 aromatic heterocycles. The normalized spacial score (nSPS) is 11.3. The molecule has 1 heterocycles. The summed E-state index contributed by atoms with van der Waals surface area (Å²) in [6.07, 6.45) is -4.52. The van der Waals surface area contributed by atoms with Crippen molar-refractivity contribution < 1.29 is 17.9 Å². The fraction of sp³-hybridized carbons (Fsp3) is 0.182. The first-order valence-corrected chi connectivity index (χ1v) is 6.14. The molecule has 10 heteroatoms. The first kappa shape index (κ1) is 15.6. The number of nitrogens with zero attached hydrogens (tertiary/aromatic N) is 3. The van der Waals surface area contributed by atoms with Gasteiger partial charge >= 0.3 is 12.2 Å². The molecule has 0 aliphatic carbocycles. The van der Waals surface area contributed by atoms with Gasteiger partial charge in [0.05, 0.1) is 12.7 Å². The maximum Gasteiger partial charge on any atom is 0.416 e. The van der Waals surface area contributed by atoms with Crippen LogP contribution in [0.4, 0.5) is 24.8 Å². The van der Waals surface area contributed by atoms with Crippen LogP contribution in [-0.2, 0) is 6.18 Å². The Morgan fingerprint density at radius 2 is 1.81 bits per heavy atom. The monoisotopic (exact) mass is 338 g/mol. The third kappa shape index (κ3) is 4.08. The second kappa shape index (κ2) is 5.90. The van der Waals surface area contributed by atoms with Gasteiger partial charge in [0.15, 0.2) is 0 Å². The van der Waals surface area contributed by atoms with Gasteiger partial charge in [-0.05, 0) is 29.8 Å². The van der Waals surface area contributed by atoms with Crippen molar-refractivity contribution in [2.24, 2.45) is 0 Å². The molecule has 0 bridgehead atoms. The van der Waals surface area contributed by atoms with Crippen LogP contribution in [0.25, 0.3) is 0 Å². The number of methoxy groups -OCH3 is 1. The summed E-state index contributed by atoms with van der Waals surface area (Å²) in [6.45, 7) is 0. The number of benzene rings is 1. The summed E-state index contributed by atoms with van der Waals surface area (Å²) < 4.78 is 42.9. The Bertz CT molecular complexity index is 666. The number of hydrogen-bond acceptors (Lipinski definition) is 5. The zero-order valence-electron chi connectivity index (χ0n) is 10.4. The molecule has 1 N–H and O–H groups in total. The Hall–Kier alpha value is -1.80. The zero-order valence-corrected chi connectivity index (χ0v) is 11.9. The van der Waals surface area contributed by atoms with Crippen LogP contribution in [0.5, 0.6) is 6.01 Å². The van der Waals surface area contributed by atoms with Gasteiger partial charge in [0.25, 0.3) is 0 Å². The Kier molecular flexibility index (Phi) is 4.38. The van der Waals surface area contributed by atoms with Gasteiger partial charge in [0.2, 0.25) is 11.2 Å². The predicted molar refractivity (Wildman–Crippen MR) is 71.1 cm³/mol. The summed E-state index contributed by atoms with van der Waals surface area (Å²) >= 11 is 11.3. The Morgan fingerprint density at radius 3 is 2.43 bits per heavy atom. The van der Waals surface area contributed by atoms with E-state index in [2.05, 4.69) is 20.3 Å². The van der Waals surface area contributed by atoms with Gasteiger partial charge in [-0.25, -0.2) is 0 Å². The van der Waals surface area contributed by atoms with Crippen molar-refractivity contribution in [3.63, 3.8) is 0 Å². The average Bonchev–Trinajstić information content (AvgIpc) is 2.36. The van der Waals surface area contributed by atoms with Gasteiger partial charge < -0.3 is 10.1 Å². The van der Waals surface area contributed by atoms with E-state index >= 15 is 0 Å². The van der Waals surface area contributed by atoms with Gasteiger partial charge in [-0.15, -0.1) is 0 Å². The van der Waals surface area contributed by atoms with E-state index in [4.69, 9.17) is 27.9 Å². The number of nitrogens with one attached hydrogen (secondary N) is 1. The molecule has 0 unspecified atom stereocenters. The quantitative estimate of drug-likeness (QED) is 0.918. The predicted octanol–water partition coefficient (Wildman–Crippen LogP) is 3.95. The highest BCUT2D eigenvalue weighted by atomic mass is 35.5. The van der Waals surface area contributed by atoms with Crippen molar-refractivity contribution in [1.82, 2.24) is 15.0 Å². The van der Waals surface area contributed by atoms with Gasteiger partial charge in [-0.2, -0.15) is 28.1 Å². The largest absolute Gasteiger partial charge is 0.467 e. The minimum atomic E-state index is -4.52. The third-order valence-electron chi connectivity index (χ3n) is 2.25. The van der Waals surface area contributed by atoms with E-state index in [0.29, 0.717) is 0 Å². The van der Waals surface area contributed by atoms with E-state index in [1.165, 1.54) is 13.2 Å². The number of rotatable bonds is 3. The van der Waals surface area contributed by atoms with Crippen LogP contribution in [-0.4, -0.2) is 22.1 Å². The number of halogens is 5. The highest BCUT2D eigenvalue weighted by molar-refractivity contribution is 6.31. The van der Waals surface area contributed by atoms with E-state index in [1.807, 2.05) is 0 Å². The zero-order chi connectivity index (χ0) is 15.6. The molecule has 0 aliphatic heterocycles. The van der Waals surface area contributed by atoms with Gasteiger partial charge in [0.1, 0.15) is 0 Å². The Balaban J connectivity index is 2.35. The average molecular weight is 339 g/mol. The van der Waals surface area contributed by atoms with Crippen molar-refractivity contribution in [1.29, 1.82) is 0 Å². The first-order chi connectivity index (χ1) is 9.77. The van der Waals surface area contributed by atoms with Crippen LogP contribution in [0.3, 0.4) is 0 Å². The lowest BCUT2D eigenvalue weighted by molar-refractivity contribution is -0.137. The fourth-order valence-corrected chi connectivity index (χ4v) is 1.82. The van der Waals surface area contributed by atoms with E-state index in [-0.39, 0.29) is 28.0 Å². The number of ether oxygens (including phenoxy) is 1. The minimum Gasteiger partial charge on any atom is -0.467 e. The number of hydrogen-bond donors (Lipinski definition) is 1. The molecule has 112 valence electrons. The molecule has 21 heavy (non-hydrogen) atoms. The lowest BCUT2D eigenvalue weighted by Crippen LogP contribution is -2.06. The van der Waals surface area contributed by atoms with E-state index in [0.717, 1.165) is 12.1 Å². The lowest BCUT2D eigenvalue weighted by atomic mass is 10.2. The van der Waals surface area contributed by atoms with Gasteiger partial charge in [-0.3, -0.25) is 0 Å². The smallest absolute Gasteiger partial charge is 0.416 e. The lowest BCUT2D eigenvalue weighted by Gasteiger charge is -2.11. The van der Waals surface area contributed by atoms with E-state index in [9.17, 15) is 13.2 Å². The number of alkyl halides is 3. The van der Waals surface area contributed by atoms with Gasteiger partial charge in [-0.1, -0.05) is 11.6 Å². The van der Waals surface area contributed by atoms with Crippen molar-refractivity contribution in [3.8, 4) is 6.01 Å². The van der Waals surface area contributed by atoms with Crippen LogP contribution >= 0.6 is 23.2 Å². The molecule has 0 saturated heterocycles. The van der Waals surface area contributed by atoms with E-state index < -0.39 is 11.7 Å². The molecule has 0 amide bonds. The molecule has 0 fully saturated rings. The molecule has 5 nitrogen and oxygen atoms in total. The summed E-state index contributed by atoms with van der Waals surface area (Å²) in [5.74, 6) is -0.0674. The summed E-state index contributed by atoms with van der Waals surface area (Å²) in [4.78, 5) is 11.2. The fourth-order valence-electron chi connectivity index (χ4n) is 1.43. The second-order valence-electron chi connectivity index (χ2n) is 3.77. The van der Waals surface area contributed by atoms with Crippen molar-refractivity contribution in [2.75, 3.05) is 12.4 Å². The maximum atomic E-state index is 12.7. The van der Waals surface area contributed by atoms with Crippen molar-refractivity contribution in [3.05, 3.63) is 34.1 Å². The van der Waals surface area contributed by atoms with E-state index in [1.54, 1.807) is 0 Å². The van der Waals surface area contributed by atoms with Crippen LogP contribution in [0.1, 0.15) is 5.56 Å². The highest BCUT2D eigenvalue weighted by Gasteiger charge is 2.31. The topological polar surface area (TPSA) is 59.9 Å². The summed E-state index contributed by atoms with van der Waals surface area (Å²) in [7, 11) is 1.32. The van der Waals surface area contributed by atoms with Crippen LogP contribution in [0, 0.1) is 0 Å². The van der Waals surface area contributed by atoms with Crippen LogP contribution < -0.4 is 10.1 Å². The number of aromatic nitrogens is 3. The van der Waals surface area contributed by atoms with Gasteiger partial charge in [0, 0.05) is 10.7 Å². The van der Waals surface area contributed by atoms with Crippen molar-refractivity contribution in [2.45, 2.75) is 6.18 Å². The maximum absolute atomic E-state index is 12.7. The molecule has 0 atom stereocenters. The van der Waals surface area contributed by atoms with Crippen LogP contribution in [0.15, 0.2) is 18.2 Å². The molecule has 0 aliphatic rings. The summed E-state index contributed by atoms with van der Waals surface area (Å²) in [5, 5.41) is 2.31. The van der Waals surface area contributed by atoms with Crippen LogP contribution in [0.2, 0.25) is 10.3 Å². The summed E-state index contributed by atoms with van der Waals surface area (Å²) in [5.41, 5.74) is -0.844. The molecular formula is C11H7Cl2F3N4O. The second-order valence-corrected chi connectivity index (χ2v) is 4.54. The molecule has 0 saturated carbocycles.